The number of rotatable bonds is 8. The molecule has 0 bridgehead atoms. The third-order valence-electron chi connectivity index (χ3n) is 4.36. The fourth-order valence-corrected chi connectivity index (χ4v) is 2.99. The topological polar surface area (TPSA) is 80.5 Å². The summed E-state index contributed by atoms with van der Waals surface area (Å²) >= 11 is 0. The van der Waals surface area contributed by atoms with E-state index >= 15 is 0 Å². The number of aryl methyl sites for hydroxylation is 2. The summed E-state index contributed by atoms with van der Waals surface area (Å²) in [7, 11) is 0. The minimum atomic E-state index is 0.0415. The molecular formula is C19H26N4O3. The van der Waals surface area contributed by atoms with Crippen LogP contribution in [0.3, 0.4) is 0 Å². The van der Waals surface area contributed by atoms with Gasteiger partial charge in [-0.3, -0.25) is 9.69 Å². The number of ether oxygens (including phenoxy) is 1. The van der Waals surface area contributed by atoms with Gasteiger partial charge in [-0.2, -0.15) is 4.98 Å². The van der Waals surface area contributed by atoms with Crippen LogP contribution in [0.5, 0.6) is 0 Å². The van der Waals surface area contributed by atoms with E-state index < -0.39 is 0 Å². The highest BCUT2D eigenvalue weighted by molar-refractivity contribution is 5.75. The number of amides is 1. The molecule has 1 aromatic carbocycles. The van der Waals surface area contributed by atoms with Crippen molar-refractivity contribution in [2.24, 2.45) is 0 Å². The van der Waals surface area contributed by atoms with E-state index in [1.165, 1.54) is 5.56 Å². The summed E-state index contributed by atoms with van der Waals surface area (Å²) in [5.74, 6) is 1.26. The zero-order chi connectivity index (χ0) is 18.2. The highest BCUT2D eigenvalue weighted by Gasteiger charge is 2.11. The number of morpholine rings is 1. The molecule has 2 heterocycles. The normalized spacial score (nSPS) is 15.1. The first kappa shape index (κ1) is 18.5. The Bertz CT molecular complexity index is 710. The molecule has 7 nitrogen and oxygen atoms in total. The molecule has 1 aliphatic rings. The Labute approximate surface area is 153 Å². The quantitative estimate of drug-likeness (QED) is 0.776. The monoisotopic (exact) mass is 358 g/mol. The Morgan fingerprint density at radius 3 is 2.85 bits per heavy atom. The fourth-order valence-electron chi connectivity index (χ4n) is 2.99. The zero-order valence-corrected chi connectivity index (χ0v) is 15.2. The Hall–Kier alpha value is -2.25. The number of aromatic nitrogens is 2. The molecule has 2 aromatic rings. The van der Waals surface area contributed by atoms with E-state index in [2.05, 4.69) is 38.6 Å². The summed E-state index contributed by atoms with van der Waals surface area (Å²) in [5, 5.41) is 6.73. The van der Waals surface area contributed by atoms with Gasteiger partial charge in [-0.15, -0.1) is 0 Å². The number of nitrogens with one attached hydrogen (secondary N) is 1. The molecule has 26 heavy (non-hydrogen) atoms. The van der Waals surface area contributed by atoms with Crippen LogP contribution in [-0.4, -0.2) is 47.3 Å². The van der Waals surface area contributed by atoms with E-state index in [0.717, 1.165) is 38.4 Å². The van der Waals surface area contributed by atoms with Gasteiger partial charge in [-0.1, -0.05) is 29.4 Å². The van der Waals surface area contributed by atoms with Crippen LogP contribution in [-0.2, 0) is 29.0 Å². The Kier molecular flexibility index (Phi) is 6.74. The van der Waals surface area contributed by atoms with Gasteiger partial charge in [0.25, 0.3) is 0 Å². The highest BCUT2D eigenvalue weighted by Crippen LogP contribution is 2.10. The molecule has 0 radical (unpaired) electrons. The lowest BCUT2D eigenvalue weighted by atomic mass is 10.1. The largest absolute Gasteiger partial charge is 0.379 e. The molecular weight excluding hydrogens is 332 g/mol. The zero-order valence-electron chi connectivity index (χ0n) is 15.2. The first-order valence-electron chi connectivity index (χ1n) is 9.13. The Morgan fingerprint density at radius 2 is 2.08 bits per heavy atom. The molecule has 1 aliphatic heterocycles. The average molecular weight is 358 g/mol. The van der Waals surface area contributed by atoms with Crippen molar-refractivity contribution in [1.82, 2.24) is 20.4 Å². The summed E-state index contributed by atoms with van der Waals surface area (Å²) in [6, 6.07) is 8.39. The van der Waals surface area contributed by atoms with E-state index in [9.17, 15) is 4.79 Å². The lowest BCUT2D eigenvalue weighted by Crippen LogP contribution is -2.35. The van der Waals surface area contributed by atoms with Crippen molar-refractivity contribution in [3.05, 3.63) is 47.1 Å². The molecule has 1 fully saturated rings. The van der Waals surface area contributed by atoms with Gasteiger partial charge >= 0.3 is 0 Å². The maximum Gasteiger partial charge on any atom is 0.226 e. The first-order valence-corrected chi connectivity index (χ1v) is 9.13. The first-order chi connectivity index (χ1) is 12.7. The van der Waals surface area contributed by atoms with E-state index in [1.54, 1.807) is 6.92 Å². The van der Waals surface area contributed by atoms with Crippen molar-refractivity contribution in [2.45, 2.75) is 39.3 Å². The molecule has 1 aromatic heterocycles. The number of nitrogens with zero attached hydrogens (tertiary/aromatic N) is 3. The lowest BCUT2D eigenvalue weighted by Gasteiger charge is -2.26. The van der Waals surface area contributed by atoms with E-state index in [-0.39, 0.29) is 5.91 Å². The summed E-state index contributed by atoms with van der Waals surface area (Å²) in [4.78, 5) is 18.5. The highest BCUT2D eigenvalue weighted by atomic mass is 16.5. The third-order valence-corrected chi connectivity index (χ3v) is 4.36. The van der Waals surface area contributed by atoms with Gasteiger partial charge in [0.15, 0.2) is 5.82 Å². The van der Waals surface area contributed by atoms with E-state index in [0.29, 0.717) is 37.5 Å². The second-order valence-corrected chi connectivity index (χ2v) is 6.57. The average Bonchev–Trinajstić information content (AvgIpc) is 3.06. The van der Waals surface area contributed by atoms with Gasteiger partial charge in [0.2, 0.25) is 11.8 Å². The molecule has 0 atom stereocenters. The predicted molar refractivity (Wildman–Crippen MR) is 96.4 cm³/mol. The van der Waals surface area contributed by atoms with Crippen molar-refractivity contribution >= 4 is 5.91 Å². The minimum Gasteiger partial charge on any atom is -0.379 e. The third kappa shape index (κ3) is 5.93. The van der Waals surface area contributed by atoms with Crippen molar-refractivity contribution in [3.8, 4) is 0 Å². The number of benzene rings is 1. The van der Waals surface area contributed by atoms with Gasteiger partial charge in [-0.05, 0) is 24.5 Å². The summed E-state index contributed by atoms with van der Waals surface area (Å²) in [5.41, 5.74) is 2.39. The summed E-state index contributed by atoms with van der Waals surface area (Å²) in [6.45, 7) is 6.82. The Morgan fingerprint density at radius 1 is 1.27 bits per heavy atom. The standard InChI is InChI=1S/C19H26N4O3/c1-15-21-19(26-22-15)7-3-6-18(24)20-13-16-4-2-5-17(12-16)14-23-8-10-25-11-9-23/h2,4-5,12H,3,6-11,13-14H2,1H3,(H,20,24). The maximum atomic E-state index is 12.0. The fraction of sp³-hybridized carbons (Fsp3) is 0.526. The minimum absolute atomic E-state index is 0.0415. The van der Waals surface area contributed by atoms with Gasteiger partial charge in [0.05, 0.1) is 13.2 Å². The van der Waals surface area contributed by atoms with Gasteiger partial charge < -0.3 is 14.6 Å². The molecule has 1 amide bonds. The van der Waals surface area contributed by atoms with Gasteiger partial charge in [0, 0.05) is 39.0 Å². The smallest absolute Gasteiger partial charge is 0.226 e. The van der Waals surface area contributed by atoms with Crippen molar-refractivity contribution in [3.63, 3.8) is 0 Å². The van der Waals surface area contributed by atoms with E-state index in [1.807, 2.05) is 6.07 Å². The van der Waals surface area contributed by atoms with Crippen LogP contribution in [0.2, 0.25) is 0 Å². The number of carbonyl (C=O) groups is 1. The molecule has 1 saturated heterocycles. The molecule has 140 valence electrons. The van der Waals surface area contributed by atoms with Crippen molar-refractivity contribution < 1.29 is 14.1 Å². The second-order valence-electron chi connectivity index (χ2n) is 6.57. The number of carbonyl (C=O) groups excluding carboxylic acids is 1. The molecule has 0 spiro atoms. The number of hydrogen-bond donors (Lipinski definition) is 1. The summed E-state index contributed by atoms with van der Waals surface area (Å²) in [6.07, 6.45) is 1.78. The second kappa shape index (κ2) is 9.45. The maximum absolute atomic E-state index is 12.0. The summed E-state index contributed by atoms with van der Waals surface area (Å²) < 4.78 is 10.4. The van der Waals surface area contributed by atoms with Crippen LogP contribution in [0.15, 0.2) is 28.8 Å². The van der Waals surface area contributed by atoms with Crippen LogP contribution in [0.1, 0.15) is 35.7 Å². The van der Waals surface area contributed by atoms with E-state index in [4.69, 9.17) is 9.26 Å². The molecule has 3 rings (SSSR count). The van der Waals surface area contributed by atoms with Crippen molar-refractivity contribution in [2.75, 3.05) is 26.3 Å². The van der Waals surface area contributed by atoms with Crippen LogP contribution >= 0.6 is 0 Å². The van der Waals surface area contributed by atoms with Gasteiger partial charge in [0.1, 0.15) is 0 Å². The van der Waals surface area contributed by atoms with Crippen molar-refractivity contribution in [1.29, 1.82) is 0 Å². The molecule has 0 aliphatic carbocycles. The predicted octanol–water partition coefficient (Wildman–Crippen LogP) is 1.85. The molecule has 0 saturated carbocycles. The number of hydrogen-bond acceptors (Lipinski definition) is 6. The molecule has 7 heteroatoms. The van der Waals surface area contributed by atoms with Crippen LogP contribution < -0.4 is 5.32 Å². The van der Waals surface area contributed by atoms with Crippen LogP contribution in [0.25, 0.3) is 0 Å². The Balaban J connectivity index is 1.39. The van der Waals surface area contributed by atoms with Crippen LogP contribution in [0, 0.1) is 6.92 Å². The SMILES string of the molecule is Cc1noc(CCCC(=O)NCc2cccc(CN3CCOCC3)c2)n1. The molecule has 1 N–H and O–H groups in total. The van der Waals surface area contributed by atoms with Crippen LogP contribution in [0.4, 0.5) is 0 Å². The van der Waals surface area contributed by atoms with Gasteiger partial charge in [-0.25, -0.2) is 0 Å². The lowest BCUT2D eigenvalue weighted by molar-refractivity contribution is -0.121. The molecule has 0 unspecified atom stereocenters.